The van der Waals surface area contributed by atoms with E-state index in [1.165, 1.54) is 0 Å². The summed E-state index contributed by atoms with van der Waals surface area (Å²) < 4.78 is 38.2. The first-order valence-electron chi connectivity index (χ1n) is 6.64. The van der Waals surface area contributed by atoms with Gasteiger partial charge in [-0.2, -0.15) is 13.2 Å². The van der Waals surface area contributed by atoms with Crippen molar-refractivity contribution in [1.29, 1.82) is 0 Å². The van der Waals surface area contributed by atoms with Crippen LogP contribution in [0.25, 0.3) is 0 Å². The van der Waals surface area contributed by atoms with Crippen molar-refractivity contribution in [3.05, 3.63) is 18.0 Å². The number of nitrogens with zero attached hydrogens (tertiary/aromatic N) is 3. The van der Waals surface area contributed by atoms with Crippen molar-refractivity contribution in [3.8, 4) is 0 Å². The Morgan fingerprint density at radius 2 is 2.10 bits per heavy atom. The molecule has 20 heavy (non-hydrogen) atoms. The normalized spacial score (nSPS) is 21.2. The van der Waals surface area contributed by atoms with Gasteiger partial charge in [0, 0.05) is 25.7 Å². The number of piperazine rings is 1. The SMILES string of the molecule is CCN1CCN(c2cc(C(F)(F)F)ncc2N)CC1C. The highest BCUT2D eigenvalue weighted by atomic mass is 19.4. The summed E-state index contributed by atoms with van der Waals surface area (Å²) in [6, 6.07) is 1.33. The lowest BCUT2D eigenvalue weighted by Crippen LogP contribution is -2.51. The summed E-state index contributed by atoms with van der Waals surface area (Å²) in [5.41, 5.74) is 5.61. The number of nitrogens with two attached hydrogens (primary N) is 1. The number of aromatic nitrogens is 1. The summed E-state index contributed by atoms with van der Waals surface area (Å²) >= 11 is 0. The third kappa shape index (κ3) is 2.98. The molecule has 0 aliphatic carbocycles. The largest absolute Gasteiger partial charge is 0.433 e. The molecular weight excluding hydrogens is 269 g/mol. The average Bonchev–Trinajstić information content (AvgIpc) is 2.37. The van der Waals surface area contributed by atoms with E-state index in [0.29, 0.717) is 18.8 Å². The molecule has 1 saturated heterocycles. The van der Waals surface area contributed by atoms with Gasteiger partial charge in [0.1, 0.15) is 5.69 Å². The van der Waals surface area contributed by atoms with Gasteiger partial charge in [-0.05, 0) is 19.5 Å². The van der Waals surface area contributed by atoms with E-state index in [0.717, 1.165) is 25.4 Å². The van der Waals surface area contributed by atoms with Gasteiger partial charge >= 0.3 is 6.18 Å². The fourth-order valence-corrected chi connectivity index (χ4v) is 2.57. The number of pyridine rings is 1. The monoisotopic (exact) mass is 288 g/mol. The highest BCUT2D eigenvalue weighted by Crippen LogP contribution is 2.33. The van der Waals surface area contributed by atoms with Gasteiger partial charge in [0.15, 0.2) is 0 Å². The number of anilines is 2. The van der Waals surface area contributed by atoms with Gasteiger partial charge in [-0.15, -0.1) is 0 Å². The van der Waals surface area contributed by atoms with E-state index in [2.05, 4.69) is 23.7 Å². The van der Waals surface area contributed by atoms with Crippen LogP contribution in [0.4, 0.5) is 24.5 Å². The summed E-state index contributed by atoms with van der Waals surface area (Å²) in [5, 5.41) is 0. The summed E-state index contributed by atoms with van der Waals surface area (Å²) in [6.45, 7) is 7.24. The maximum absolute atomic E-state index is 12.7. The van der Waals surface area contributed by atoms with Gasteiger partial charge < -0.3 is 10.6 Å². The van der Waals surface area contributed by atoms with Gasteiger partial charge in [-0.1, -0.05) is 6.92 Å². The molecule has 1 aliphatic heterocycles. The predicted octanol–water partition coefficient (Wildman–Crippen LogP) is 2.21. The van der Waals surface area contributed by atoms with Crippen LogP contribution < -0.4 is 10.6 Å². The third-order valence-electron chi connectivity index (χ3n) is 3.71. The second kappa shape index (κ2) is 5.47. The summed E-state index contributed by atoms with van der Waals surface area (Å²) in [4.78, 5) is 7.56. The molecule has 7 heteroatoms. The van der Waals surface area contributed by atoms with Crippen molar-refractivity contribution < 1.29 is 13.2 Å². The molecule has 1 aromatic rings. The quantitative estimate of drug-likeness (QED) is 0.906. The first kappa shape index (κ1) is 14.9. The molecule has 0 spiro atoms. The molecule has 1 unspecified atom stereocenters. The highest BCUT2D eigenvalue weighted by Gasteiger charge is 2.34. The molecule has 2 rings (SSSR count). The number of hydrogen-bond donors (Lipinski definition) is 1. The number of likely N-dealkylation sites (N-methyl/N-ethyl adjacent to an activating group) is 1. The summed E-state index contributed by atoms with van der Waals surface area (Å²) in [6.07, 6.45) is -3.35. The minimum Gasteiger partial charge on any atom is -0.396 e. The van der Waals surface area contributed by atoms with E-state index >= 15 is 0 Å². The molecule has 1 aliphatic rings. The topological polar surface area (TPSA) is 45.4 Å². The number of alkyl halides is 3. The molecule has 0 bridgehead atoms. The van der Waals surface area contributed by atoms with Crippen molar-refractivity contribution >= 4 is 11.4 Å². The van der Waals surface area contributed by atoms with Crippen LogP contribution in [-0.2, 0) is 6.18 Å². The molecule has 0 aromatic carbocycles. The zero-order valence-corrected chi connectivity index (χ0v) is 11.6. The van der Waals surface area contributed by atoms with E-state index in [9.17, 15) is 13.2 Å². The second-order valence-corrected chi connectivity index (χ2v) is 5.05. The van der Waals surface area contributed by atoms with Crippen molar-refractivity contribution in [2.24, 2.45) is 0 Å². The van der Waals surface area contributed by atoms with E-state index in [4.69, 9.17) is 5.73 Å². The molecule has 4 nitrogen and oxygen atoms in total. The lowest BCUT2D eigenvalue weighted by atomic mass is 10.1. The molecule has 2 N–H and O–H groups in total. The molecule has 0 amide bonds. The molecule has 1 aromatic heterocycles. The van der Waals surface area contributed by atoms with E-state index in [1.807, 2.05) is 4.90 Å². The van der Waals surface area contributed by atoms with Gasteiger partial charge in [0.05, 0.1) is 17.6 Å². The Bertz CT molecular complexity index is 475. The minimum absolute atomic E-state index is 0.287. The fourth-order valence-electron chi connectivity index (χ4n) is 2.57. The van der Waals surface area contributed by atoms with Gasteiger partial charge in [-0.3, -0.25) is 4.90 Å². The van der Waals surface area contributed by atoms with Crippen LogP contribution in [0.15, 0.2) is 12.3 Å². The maximum atomic E-state index is 12.7. The van der Waals surface area contributed by atoms with E-state index in [-0.39, 0.29) is 11.7 Å². The Kier molecular flexibility index (Phi) is 4.08. The smallest absolute Gasteiger partial charge is 0.396 e. The highest BCUT2D eigenvalue weighted by molar-refractivity contribution is 5.67. The maximum Gasteiger partial charge on any atom is 0.433 e. The Balaban J connectivity index is 2.25. The Labute approximate surface area is 116 Å². The number of halogens is 3. The first-order chi connectivity index (χ1) is 9.32. The molecule has 0 radical (unpaired) electrons. The van der Waals surface area contributed by atoms with Gasteiger partial charge in [0.25, 0.3) is 0 Å². The average molecular weight is 288 g/mol. The summed E-state index contributed by atoms with van der Waals surface area (Å²) in [7, 11) is 0. The van der Waals surface area contributed by atoms with Crippen LogP contribution in [0.2, 0.25) is 0 Å². The molecule has 1 atom stereocenters. The zero-order valence-electron chi connectivity index (χ0n) is 11.6. The Morgan fingerprint density at radius 1 is 1.40 bits per heavy atom. The number of rotatable bonds is 2. The van der Waals surface area contributed by atoms with Crippen LogP contribution in [0.1, 0.15) is 19.5 Å². The van der Waals surface area contributed by atoms with Crippen LogP contribution in [0, 0.1) is 0 Å². The first-order valence-corrected chi connectivity index (χ1v) is 6.64. The second-order valence-electron chi connectivity index (χ2n) is 5.05. The van der Waals surface area contributed by atoms with Gasteiger partial charge in [0.2, 0.25) is 0 Å². The van der Waals surface area contributed by atoms with Crippen molar-refractivity contribution in [3.63, 3.8) is 0 Å². The van der Waals surface area contributed by atoms with Gasteiger partial charge in [-0.25, -0.2) is 4.98 Å². The van der Waals surface area contributed by atoms with Crippen LogP contribution in [-0.4, -0.2) is 42.1 Å². The zero-order chi connectivity index (χ0) is 14.9. The summed E-state index contributed by atoms with van der Waals surface area (Å²) in [5.74, 6) is 0. The van der Waals surface area contributed by atoms with Crippen molar-refractivity contribution in [1.82, 2.24) is 9.88 Å². The van der Waals surface area contributed by atoms with E-state index in [1.54, 1.807) is 0 Å². The fraction of sp³-hybridized carbons (Fsp3) is 0.615. The van der Waals surface area contributed by atoms with E-state index < -0.39 is 11.9 Å². The van der Waals surface area contributed by atoms with Crippen LogP contribution in [0.3, 0.4) is 0 Å². The molecule has 1 fully saturated rings. The molecule has 112 valence electrons. The molecule has 0 saturated carbocycles. The lowest BCUT2D eigenvalue weighted by molar-refractivity contribution is -0.141. The molecule has 2 heterocycles. The predicted molar refractivity (Wildman–Crippen MR) is 72.6 cm³/mol. The Morgan fingerprint density at radius 3 is 2.65 bits per heavy atom. The minimum atomic E-state index is -4.45. The van der Waals surface area contributed by atoms with Crippen molar-refractivity contribution in [2.75, 3.05) is 36.8 Å². The van der Waals surface area contributed by atoms with Crippen LogP contribution in [0.5, 0.6) is 0 Å². The standard InChI is InChI=1S/C13H19F3N4/c1-3-19-4-5-20(8-9(19)2)11-6-12(13(14,15)16)18-7-10(11)17/h6-7,9H,3-5,8,17H2,1-2H3. The Hall–Kier alpha value is -1.50. The lowest BCUT2D eigenvalue weighted by Gasteiger charge is -2.40. The number of hydrogen-bond acceptors (Lipinski definition) is 4. The number of nitrogen functional groups attached to an aromatic ring is 1. The third-order valence-corrected chi connectivity index (χ3v) is 3.71. The van der Waals surface area contributed by atoms with Crippen molar-refractivity contribution in [2.45, 2.75) is 26.1 Å². The van der Waals surface area contributed by atoms with Crippen LogP contribution >= 0.6 is 0 Å². The molecular formula is C13H19F3N4.